The van der Waals surface area contributed by atoms with Crippen molar-refractivity contribution in [3.05, 3.63) is 0 Å². The fourth-order valence-electron chi connectivity index (χ4n) is 3.10. The van der Waals surface area contributed by atoms with Crippen molar-refractivity contribution in [1.29, 1.82) is 5.26 Å². The molecule has 2 heterocycles. The minimum absolute atomic E-state index is 0.123. The highest BCUT2D eigenvalue weighted by Crippen LogP contribution is 2.16. The van der Waals surface area contributed by atoms with E-state index < -0.39 is 0 Å². The Morgan fingerprint density at radius 2 is 2.05 bits per heavy atom. The van der Waals surface area contributed by atoms with Crippen molar-refractivity contribution in [3.63, 3.8) is 0 Å². The molecule has 2 fully saturated rings. The first-order chi connectivity index (χ1) is 9.33. The van der Waals surface area contributed by atoms with Gasteiger partial charge in [-0.15, -0.1) is 0 Å². The van der Waals surface area contributed by atoms with Gasteiger partial charge < -0.3 is 4.74 Å². The molecule has 2 unspecified atom stereocenters. The summed E-state index contributed by atoms with van der Waals surface area (Å²) >= 11 is 0. The molecule has 108 valence electrons. The summed E-state index contributed by atoms with van der Waals surface area (Å²) in [6.07, 6.45) is 6.30. The molecule has 0 bridgehead atoms. The highest BCUT2D eigenvalue weighted by molar-refractivity contribution is 4.93. The van der Waals surface area contributed by atoms with E-state index in [1.165, 1.54) is 19.3 Å². The molecule has 2 aliphatic rings. The normalized spacial score (nSPS) is 27.9. The van der Waals surface area contributed by atoms with Crippen molar-refractivity contribution in [2.45, 2.75) is 51.2 Å². The van der Waals surface area contributed by atoms with Crippen molar-refractivity contribution < 1.29 is 4.74 Å². The average molecular weight is 265 g/mol. The summed E-state index contributed by atoms with van der Waals surface area (Å²) in [5, 5.41) is 9.21. The van der Waals surface area contributed by atoms with Gasteiger partial charge in [0.05, 0.1) is 18.2 Å². The first kappa shape index (κ1) is 14.8. The highest BCUT2D eigenvalue weighted by atomic mass is 16.5. The Kier molecular flexibility index (Phi) is 6.09. The van der Waals surface area contributed by atoms with Gasteiger partial charge in [0.1, 0.15) is 0 Å². The van der Waals surface area contributed by atoms with E-state index in [2.05, 4.69) is 22.8 Å². The smallest absolute Gasteiger partial charge is 0.0978 e. The Morgan fingerprint density at radius 3 is 2.63 bits per heavy atom. The molecule has 0 radical (unpaired) electrons. The monoisotopic (exact) mass is 265 g/mol. The second-order valence-corrected chi connectivity index (χ2v) is 5.76. The number of rotatable bonds is 5. The Morgan fingerprint density at radius 1 is 1.26 bits per heavy atom. The Labute approximate surface area is 117 Å². The maximum Gasteiger partial charge on any atom is 0.0978 e. The summed E-state index contributed by atoms with van der Waals surface area (Å²) in [6.45, 7) is 8.41. The molecule has 0 amide bonds. The van der Waals surface area contributed by atoms with E-state index >= 15 is 0 Å². The summed E-state index contributed by atoms with van der Waals surface area (Å²) in [6, 6.07) is 2.57. The van der Waals surface area contributed by atoms with E-state index in [1.807, 2.05) is 0 Å². The van der Waals surface area contributed by atoms with Crippen molar-refractivity contribution in [2.24, 2.45) is 0 Å². The van der Waals surface area contributed by atoms with Crippen molar-refractivity contribution in [3.8, 4) is 6.07 Å². The highest BCUT2D eigenvalue weighted by Gasteiger charge is 2.25. The van der Waals surface area contributed by atoms with Crippen LogP contribution in [-0.4, -0.2) is 61.3 Å². The SMILES string of the molecule is CCCC(C#N)N1CCN(CC2CCCCO2)CC1. The number of hydrogen-bond donors (Lipinski definition) is 0. The van der Waals surface area contributed by atoms with Crippen LogP contribution in [0.15, 0.2) is 0 Å². The van der Waals surface area contributed by atoms with Crippen LogP contribution in [0.3, 0.4) is 0 Å². The van der Waals surface area contributed by atoms with Gasteiger partial charge >= 0.3 is 0 Å². The van der Waals surface area contributed by atoms with Gasteiger partial charge in [-0.3, -0.25) is 9.80 Å². The maximum atomic E-state index is 9.21. The third kappa shape index (κ3) is 4.45. The third-order valence-electron chi connectivity index (χ3n) is 4.29. The molecule has 4 heteroatoms. The van der Waals surface area contributed by atoms with Crippen LogP contribution < -0.4 is 0 Å². The maximum absolute atomic E-state index is 9.21. The molecule has 0 aromatic rings. The van der Waals surface area contributed by atoms with Gasteiger partial charge in [-0.1, -0.05) is 13.3 Å². The summed E-state index contributed by atoms with van der Waals surface area (Å²) in [5.74, 6) is 0. The minimum atomic E-state index is 0.123. The van der Waals surface area contributed by atoms with E-state index in [0.717, 1.165) is 52.2 Å². The van der Waals surface area contributed by atoms with Crippen LogP contribution in [0.1, 0.15) is 39.0 Å². The lowest BCUT2D eigenvalue weighted by Gasteiger charge is -2.38. The predicted molar refractivity (Wildman–Crippen MR) is 75.9 cm³/mol. The van der Waals surface area contributed by atoms with Crippen LogP contribution >= 0.6 is 0 Å². The fourth-order valence-corrected chi connectivity index (χ4v) is 3.10. The molecule has 2 saturated heterocycles. The minimum Gasteiger partial charge on any atom is -0.377 e. The first-order valence-electron chi connectivity index (χ1n) is 7.81. The molecule has 2 rings (SSSR count). The van der Waals surface area contributed by atoms with Crippen LogP contribution in [0.5, 0.6) is 0 Å². The second kappa shape index (κ2) is 7.84. The third-order valence-corrected chi connectivity index (χ3v) is 4.29. The summed E-state index contributed by atoms with van der Waals surface area (Å²) in [4.78, 5) is 4.86. The second-order valence-electron chi connectivity index (χ2n) is 5.76. The van der Waals surface area contributed by atoms with Crippen LogP contribution in [0.25, 0.3) is 0 Å². The van der Waals surface area contributed by atoms with Crippen molar-refractivity contribution in [1.82, 2.24) is 9.80 Å². The van der Waals surface area contributed by atoms with E-state index in [0.29, 0.717) is 6.10 Å². The van der Waals surface area contributed by atoms with E-state index in [4.69, 9.17) is 4.74 Å². The van der Waals surface area contributed by atoms with Crippen LogP contribution in [0.2, 0.25) is 0 Å². The average Bonchev–Trinajstić information content (AvgIpc) is 2.47. The molecule has 0 spiro atoms. The topological polar surface area (TPSA) is 39.5 Å². The van der Waals surface area contributed by atoms with E-state index in [1.54, 1.807) is 0 Å². The zero-order valence-electron chi connectivity index (χ0n) is 12.2. The quantitative estimate of drug-likeness (QED) is 0.761. The molecular formula is C15H27N3O. The van der Waals surface area contributed by atoms with Crippen LogP contribution in [0.4, 0.5) is 0 Å². The molecule has 0 saturated carbocycles. The van der Waals surface area contributed by atoms with Gasteiger partial charge in [0, 0.05) is 39.3 Å². The zero-order chi connectivity index (χ0) is 13.5. The molecule has 19 heavy (non-hydrogen) atoms. The first-order valence-corrected chi connectivity index (χ1v) is 7.81. The summed E-state index contributed by atoms with van der Waals surface area (Å²) < 4.78 is 5.81. The molecule has 0 N–H and O–H groups in total. The van der Waals surface area contributed by atoms with E-state index in [-0.39, 0.29) is 6.04 Å². The number of nitriles is 1. The van der Waals surface area contributed by atoms with Gasteiger partial charge in [0.15, 0.2) is 0 Å². The zero-order valence-corrected chi connectivity index (χ0v) is 12.2. The Balaban J connectivity index is 1.71. The predicted octanol–water partition coefficient (Wildman–Crippen LogP) is 1.87. The fraction of sp³-hybridized carbons (Fsp3) is 0.933. The van der Waals surface area contributed by atoms with Gasteiger partial charge in [-0.25, -0.2) is 0 Å². The summed E-state index contributed by atoms with van der Waals surface area (Å²) in [7, 11) is 0. The lowest BCUT2D eigenvalue weighted by Crippen LogP contribution is -2.51. The van der Waals surface area contributed by atoms with Gasteiger partial charge in [0.25, 0.3) is 0 Å². The molecule has 0 aromatic carbocycles. The number of hydrogen-bond acceptors (Lipinski definition) is 4. The van der Waals surface area contributed by atoms with Crippen LogP contribution in [0, 0.1) is 11.3 Å². The summed E-state index contributed by atoms with van der Waals surface area (Å²) in [5.41, 5.74) is 0. The van der Waals surface area contributed by atoms with E-state index in [9.17, 15) is 5.26 Å². The lowest BCUT2D eigenvalue weighted by atomic mass is 10.1. The van der Waals surface area contributed by atoms with Gasteiger partial charge in [-0.2, -0.15) is 5.26 Å². The van der Waals surface area contributed by atoms with Gasteiger partial charge in [0.2, 0.25) is 0 Å². The molecule has 0 aliphatic carbocycles. The van der Waals surface area contributed by atoms with Crippen molar-refractivity contribution in [2.75, 3.05) is 39.3 Å². The molecule has 0 aromatic heterocycles. The molecule has 2 atom stereocenters. The Hall–Kier alpha value is -0.630. The largest absolute Gasteiger partial charge is 0.377 e. The van der Waals surface area contributed by atoms with Gasteiger partial charge in [-0.05, 0) is 25.7 Å². The van der Waals surface area contributed by atoms with Crippen LogP contribution in [-0.2, 0) is 4.74 Å². The molecule has 2 aliphatic heterocycles. The lowest BCUT2D eigenvalue weighted by molar-refractivity contribution is -0.0156. The van der Waals surface area contributed by atoms with Crippen molar-refractivity contribution >= 4 is 0 Å². The molecule has 4 nitrogen and oxygen atoms in total. The number of ether oxygens (including phenoxy) is 1. The standard InChI is InChI=1S/C15H27N3O/c1-2-5-14(12-16)18-9-7-17(8-10-18)13-15-6-3-4-11-19-15/h14-15H,2-11,13H2,1H3. The molecular weight excluding hydrogens is 238 g/mol. The number of nitrogens with zero attached hydrogens (tertiary/aromatic N) is 3. The number of piperazine rings is 1. The Bertz CT molecular complexity index is 288.